The zero-order chi connectivity index (χ0) is 32.2. The van der Waals surface area contributed by atoms with E-state index in [1.165, 1.54) is 17.7 Å². The number of esters is 1. The van der Waals surface area contributed by atoms with Crippen molar-refractivity contribution < 1.29 is 28.0 Å². The number of benzene rings is 2. The Morgan fingerprint density at radius 2 is 1.98 bits per heavy atom. The molecule has 1 aliphatic heterocycles. The van der Waals surface area contributed by atoms with Gasteiger partial charge in [0.15, 0.2) is 6.23 Å². The SMILES string of the molecule is [2H]B([3H])CSOC[C@@H]1C[C@@H](Sc2ccccc2)[C@H](n2ccc(NC(=O)c3ccc(COC(=O)CCC(=O)NC)cc3)nc2=O)O1. The van der Waals surface area contributed by atoms with E-state index in [4.69, 9.17) is 16.3 Å². The molecule has 226 valence electrons. The average Bonchev–Trinajstić information content (AvgIpc) is 3.43. The van der Waals surface area contributed by atoms with Crippen molar-refractivity contribution in [1.29, 1.82) is 2.67 Å². The third-order valence-corrected chi connectivity index (χ3v) is 8.09. The molecular formula is C29H33BN4O7S2. The number of nitrogens with zero attached hydrogens (tertiary/aromatic N) is 2. The molecule has 1 aromatic heterocycles. The largest absolute Gasteiger partial charge is 0.461 e. The molecule has 2 amide bonds. The number of rotatable bonds is 15. The van der Waals surface area contributed by atoms with E-state index in [0.717, 1.165) is 16.9 Å². The van der Waals surface area contributed by atoms with Crippen LogP contribution < -0.4 is 16.3 Å². The van der Waals surface area contributed by atoms with Gasteiger partial charge in [0.05, 0.1) is 24.4 Å². The lowest BCUT2D eigenvalue weighted by atomic mass is 10.1. The van der Waals surface area contributed by atoms with Crippen LogP contribution in [0, 0.1) is 0 Å². The number of carbonyl (C=O) groups is 3. The van der Waals surface area contributed by atoms with Gasteiger partial charge >= 0.3 is 11.7 Å². The number of hydrogen-bond acceptors (Lipinski definition) is 10. The van der Waals surface area contributed by atoms with Crippen molar-refractivity contribution in [3.63, 3.8) is 0 Å². The van der Waals surface area contributed by atoms with Gasteiger partial charge in [0, 0.05) is 30.1 Å². The zero-order valence-electron chi connectivity index (χ0n) is 25.5. The normalized spacial score (nSPS) is 18.3. The predicted octanol–water partition coefficient (Wildman–Crippen LogP) is 2.77. The van der Waals surface area contributed by atoms with Crippen molar-refractivity contribution in [2.24, 2.45) is 0 Å². The summed E-state index contributed by atoms with van der Waals surface area (Å²) in [5.41, 5.74) is 0.610. The van der Waals surface area contributed by atoms with Gasteiger partial charge in [-0.3, -0.25) is 19.0 Å². The standard InChI is InChI=1S/C29H33BN4O7S2/c1-31-25(35)11-12-26(36)39-16-19-7-9-20(10-8-19)27(37)32-24-13-14-34(29(38)33-24)28-23(43-22-5-3-2-4-6-22)15-21(41-28)17-40-42-18-30/h2-10,13-14,21,23,28H,11-12,15-18,30H2,1H3,(H,31,35)(H,32,33,37,38)/t21-,23+,28+/m0/s1/i30TD. The molecule has 1 aliphatic rings. The molecule has 0 unspecified atom stereocenters. The number of ether oxygens (including phenoxy) is 2. The maximum Gasteiger partial charge on any atom is 0.351 e. The molecule has 14 heteroatoms. The van der Waals surface area contributed by atoms with E-state index >= 15 is 0 Å². The smallest absolute Gasteiger partial charge is 0.351 e. The molecule has 2 N–H and O–H groups in total. The Kier molecular flexibility index (Phi) is 11.2. The van der Waals surface area contributed by atoms with Crippen LogP contribution in [0.5, 0.6) is 0 Å². The molecule has 1 saturated heterocycles. The van der Waals surface area contributed by atoms with Crippen molar-refractivity contribution in [1.82, 2.24) is 14.9 Å². The third kappa shape index (κ3) is 9.71. The van der Waals surface area contributed by atoms with Gasteiger partial charge in [-0.2, -0.15) is 4.98 Å². The Morgan fingerprint density at radius 3 is 2.70 bits per heavy atom. The molecule has 0 bridgehead atoms. The van der Waals surface area contributed by atoms with E-state index in [2.05, 4.69) is 15.6 Å². The highest BCUT2D eigenvalue weighted by molar-refractivity contribution is 8.00. The Hall–Kier alpha value is -3.59. The summed E-state index contributed by atoms with van der Waals surface area (Å²) in [7, 11) is 0.509. The monoisotopic (exact) mass is 627 g/mol. The summed E-state index contributed by atoms with van der Waals surface area (Å²) in [6, 6.07) is 17.7. The van der Waals surface area contributed by atoms with E-state index in [9.17, 15) is 19.2 Å². The van der Waals surface area contributed by atoms with E-state index < -0.39 is 31.6 Å². The quantitative estimate of drug-likeness (QED) is 0.112. The van der Waals surface area contributed by atoms with Crippen LogP contribution in [0.1, 0.15) is 41.4 Å². The number of carbonyl (C=O) groups excluding carboxylic acids is 3. The maximum atomic E-state index is 13.1. The molecule has 0 aliphatic carbocycles. The first-order chi connectivity index (χ1) is 21.7. The topological polar surface area (TPSA) is 138 Å². The van der Waals surface area contributed by atoms with Crippen molar-refractivity contribution in [3.05, 3.63) is 88.5 Å². The van der Waals surface area contributed by atoms with E-state index in [1.807, 2.05) is 30.3 Å². The molecule has 0 radical (unpaired) electrons. The number of aromatic nitrogens is 2. The number of anilines is 1. The number of thioether (sulfide) groups is 1. The maximum absolute atomic E-state index is 13.1. The minimum atomic E-state index is -0.985. The van der Waals surface area contributed by atoms with Crippen molar-refractivity contribution in [2.75, 3.05) is 24.6 Å². The first-order valence-electron chi connectivity index (χ1n) is 14.7. The minimum absolute atomic E-state index is 0.00366. The lowest BCUT2D eigenvalue weighted by Gasteiger charge is -2.20. The Balaban J connectivity index is 1.36. The summed E-state index contributed by atoms with van der Waals surface area (Å²) in [6.45, 7) is 0.249. The van der Waals surface area contributed by atoms with E-state index in [-0.39, 0.29) is 54.8 Å². The van der Waals surface area contributed by atoms with Crippen LogP contribution in [0.25, 0.3) is 0 Å². The summed E-state index contributed by atoms with van der Waals surface area (Å²) >= 11 is 2.64. The molecular weight excluding hydrogens is 591 g/mol. The highest BCUT2D eigenvalue weighted by Gasteiger charge is 2.38. The van der Waals surface area contributed by atoms with Gasteiger partial charge in [-0.1, -0.05) is 30.3 Å². The van der Waals surface area contributed by atoms with Crippen molar-refractivity contribution in [2.45, 2.75) is 48.3 Å². The number of nitrogens with one attached hydrogen (secondary N) is 2. The van der Waals surface area contributed by atoms with Gasteiger partial charge in [0.25, 0.3) is 5.91 Å². The van der Waals surface area contributed by atoms with Gasteiger partial charge in [-0.05, 0) is 62.7 Å². The minimum Gasteiger partial charge on any atom is -0.461 e. The highest BCUT2D eigenvalue weighted by atomic mass is 32.2. The zero-order valence-corrected chi connectivity index (χ0v) is 25.1. The second kappa shape index (κ2) is 16.3. The summed E-state index contributed by atoms with van der Waals surface area (Å²) in [4.78, 5) is 54.1. The second-order valence-corrected chi connectivity index (χ2v) is 11.5. The molecule has 0 spiro atoms. The lowest BCUT2D eigenvalue weighted by Crippen LogP contribution is -2.31. The van der Waals surface area contributed by atoms with Gasteiger partial charge in [-0.15, -0.1) is 11.8 Å². The molecule has 43 heavy (non-hydrogen) atoms. The van der Waals surface area contributed by atoms with Crippen LogP contribution >= 0.6 is 23.8 Å². The van der Waals surface area contributed by atoms with Gasteiger partial charge in [-0.25, -0.2) is 4.79 Å². The summed E-state index contributed by atoms with van der Waals surface area (Å²) in [5, 5.41) is 4.95. The molecule has 2 aromatic carbocycles. The molecule has 2 heterocycles. The highest BCUT2D eigenvalue weighted by Crippen LogP contribution is 2.40. The van der Waals surface area contributed by atoms with E-state index in [0.29, 0.717) is 17.5 Å². The Labute approximate surface area is 261 Å². The molecule has 3 atom stereocenters. The molecule has 3 aromatic rings. The molecule has 0 saturated carbocycles. The molecule has 11 nitrogen and oxygen atoms in total. The summed E-state index contributed by atoms with van der Waals surface area (Å²) in [5.74, 6) is -1.14. The van der Waals surface area contributed by atoms with Gasteiger partial charge in [0.1, 0.15) is 20.2 Å². The fraction of sp³-hybridized carbons (Fsp3) is 0.345. The Morgan fingerprint density at radius 1 is 1.19 bits per heavy atom. The van der Waals surface area contributed by atoms with Gasteiger partial charge in [0.2, 0.25) is 5.91 Å². The number of amides is 2. The van der Waals surface area contributed by atoms with Crippen LogP contribution in [-0.4, -0.2) is 68.4 Å². The van der Waals surface area contributed by atoms with Crippen LogP contribution in [-0.2, 0) is 29.9 Å². The van der Waals surface area contributed by atoms with E-state index in [1.54, 1.807) is 42.2 Å². The van der Waals surface area contributed by atoms with Crippen LogP contribution in [0.2, 0.25) is 0 Å². The first kappa shape index (κ1) is 29.5. The fourth-order valence-electron chi connectivity index (χ4n) is 4.21. The fourth-order valence-corrected chi connectivity index (χ4v) is 5.84. The summed E-state index contributed by atoms with van der Waals surface area (Å²) in [6.07, 6.45) is 1.22. The predicted molar refractivity (Wildman–Crippen MR) is 168 cm³/mol. The van der Waals surface area contributed by atoms with Crippen molar-refractivity contribution >= 4 is 55.2 Å². The second-order valence-electron chi connectivity index (χ2n) is 9.41. The van der Waals surface area contributed by atoms with Crippen LogP contribution in [0.3, 0.4) is 0 Å². The average molecular weight is 628 g/mol. The third-order valence-electron chi connectivity index (χ3n) is 6.38. The van der Waals surface area contributed by atoms with Crippen LogP contribution in [0.15, 0.2) is 76.6 Å². The van der Waals surface area contributed by atoms with Crippen molar-refractivity contribution in [3.8, 4) is 0 Å². The Bertz CT molecular complexity index is 1500. The first-order valence-corrected chi connectivity index (χ1v) is 15.3. The summed E-state index contributed by atoms with van der Waals surface area (Å²) < 4.78 is 32.9. The van der Waals surface area contributed by atoms with Gasteiger partial charge < -0.3 is 24.3 Å². The molecule has 4 rings (SSSR count). The lowest BCUT2D eigenvalue weighted by molar-refractivity contribution is -0.146. The van der Waals surface area contributed by atoms with Crippen LogP contribution in [0.4, 0.5) is 5.82 Å². The number of hydrogen-bond donors (Lipinski definition) is 2. The molecule has 1 fully saturated rings.